The maximum atomic E-state index is 12.7. The highest BCUT2D eigenvalue weighted by Gasteiger charge is 2.06. The van der Waals surface area contributed by atoms with Gasteiger partial charge in [0.2, 0.25) is 9.05 Å². The molecule has 1 aromatic carbocycles. The van der Waals surface area contributed by atoms with Gasteiger partial charge >= 0.3 is 0 Å². The van der Waals surface area contributed by atoms with Gasteiger partial charge in [0.05, 0.1) is 5.75 Å². The second-order valence-electron chi connectivity index (χ2n) is 3.00. The SMILES string of the molecule is Cc1cc(F)ccc1OCCS(=O)(=O)Cl. The topological polar surface area (TPSA) is 43.4 Å². The highest BCUT2D eigenvalue weighted by molar-refractivity contribution is 8.13. The number of rotatable bonds is 4. The maximum absolute atomic E-state index is 12.7. The molecule has 0 atom stereocenters. The van der Waals surface area contributed by atoms with Crippen molar-refractivity contribution in [2.24, 2.45) is 0 Å². The van der Waals surface area contributed by atoms with Gasteiger partial charge in [0.15, 0.2) is 0 Å². The molecule has 15 heavy (non-hydrogen) atoms. The summed E-state index contributed by atoms with van der Waals surface area (Å²) >= 11 is 0. The van der Waals surface area contributed by atoms with Crippen molar-refractivity contribution in [2.75, 3.05) is 12.4 Å². The lowest BCUT2D eigenvalue weighted by Crippen LogP contribution is -2.09. The number of hydrogen-bond acceptors (Lipinski definition) is 3. The molecule has 3 nitrogen and oxygen atoms in total. The van der Waals surface area contributed by atoms with Crippen molar-refractivity contribution in [3.63, 3.8) is 0 Å². The fourth-order valence-electron chi connectivity index (χ4n) is 1.03. The number of hydrogen-bond donors (Lipinski definition) is 0. The summed E-state index contributed by atoms with van der Waals surface area (Å²) in [6, 6.07) is 4.01. The van der Waals surface area contributed by atoms with Gasteiger partial charge < -0.3 is 4.74 Å². The second-order valence-corrected chi connectivity index (χ2v) is 5.90. The van der Waals surface area contributed by atoms with E-state index < -0.39 is 9.05 Å². The monoisotopic (exact) mass is 252 g/mol. The van der Waals surface area contributed by atoms with Crippen LogP contribution in [0.1, 0.15) is 5.56 Å². The molecule has 0 fully saturated rings. The molecule has 0 aliphatic carbocycles. The van der Waals surface area contributed by atoms with Crippen LogP contribution in [0.4, 0.5) is 4.39 Å². The van der Waals surface area contributed by atoms with E-state index in [1.165, 1.54) is 18.2 Å². The zero-order valence-electron chi connectivity index (χ0n) is 8.04. The average Bonchev–Trinajstić information content (AvgIpc) is 2.07. The Labute approximate surface area is 92.2 Å². The Morgan fingerprint density at radius 1 is 1.47 bits per heavy atom. The predicted octanol–water partition coefficient (Wildman–Crippen LogP) is 2.08. The van der Waals surface area contributed by atoms with E-state index >= 15 is 0 Å². The third kappa shape index (κ3) is 4.48. The Bertz CT molecular complexity index is 445. The summed E-state index contributed by atoms with van der Waals surface area (Å²) in [6.45, 7) is 1.63. The maximum Gasteiger partial charge on any atom is 0.235 e. The first-order chi connectivity index (χ1) is 6.88. The summed E-state index contributed by atoms with van der Waals surface area (Å²) in [5, 5.41) is 0. The van der Waals surface area contributed by atoms with E-state index in [9.17, 15) is 12.8 Å². The number of benzene rings is 1. The van der Waals surface area contributed by atoms with Crippen LogP contribution in [-0.4, -0.2) is 20.8 Å². The Hall–Kier alpha value is -0.810. The van der Waals surface area contributed by atoms with Crippen molar-refractivity contribution >= 4 is 19.7 Å². The fraction of sp³-hybridized carbons (Fsp3) is 0.333. The van der Waals surface area contributed by atoms with Crippen molar-refractivity contribution < 1.29 is 17.5 Å². The molecule has 1 aromatic rings. The summed E-state index contributed by atoms with van der Waals surface area (Å²) < 4.78 is 39.0. The van der Waals surface area contributed by atoms with Gasteiger partial charge in [-0.05, 0) is 30.7 Å². The van der Waals surface area contributed by atoms with Crippen molar-refractivity contribution in [2.45, 2.75) is 6.92 Å². The molecule has 0 aliphatic heterocycles. The van der Waals surface area contributed by atoms with E-state index in [4.69, 9.17) is 15.4 Å². The minimum Gasteiger partial charge on any atom is -0.492 e. The molecule has 0 aromatic heterocycles. The first-order valence-corrected chi connectivity index (χ1v) is 6.67. The fourth-order valence-corrected chi connectivity index (χ4v) is 1.50. The molecule has 84 valence electrons. The van der Waals surface area contributed by atoms with Crippen LogP contribution in [0.25, 0.3) is 0 Å². The van der Waals surface area contributed by atoms with E-state index in [0.717, 1.165) is 0 Å². The van der Waals surface area contributed by atoms with Gasteiger partial charge in [0.25, 0.3) is 0 Å². The van der Waals surface area contributed by atoms with Crippen LogP contribution in [0.5, 0.6) is 5.75 Å². The lowest BCUT2D eigenvalue weighted by atomic mass is 10.2. The molecular weight excluding hydrogens is 243 g/mol. The molecule has 0 saturated carbocycles. The Morgan fingerprint density at radius 3 is 2.67 bits per heavy atom. The Kier molecular flexibility index (Phi) is 3.93. The summed E-state index contributed by atoms with van der Waals surface area (Å²) in [4.78, 5) is 0. The van der Waals surface area contributed by atoms with Crippen LogP contribution in [0, 0.1) is 12.7 Å². The van der Waals surface area contributed by atoms with E-state index in [-0.39, 0.29) is 18.2 Å². The van der Waals surface area contributed by atoms with Crippen molar-refractivity contribution in [1.29, 1.82) is 0 Å². The number of ether oxygens (including phenoxy) is 1. The average molecular weight is 253 g/mol. The van der Waals surface area contributed by atoms with E-state index in [1.807, 2.05) is 0 Å². The minimum absolute atomic E-state index is 0.0433. The molecule has 1 rings (SSSR count). The Balaban J connectivity index is 2.59. The zero-order valence-corrected chi connectivity index (χ0v) is 9.61. The minimum atomic E-state index is -3.54. The van der Waals surface area contributed by atoms with Crippen molar-refractivity contribution in [1.82, 2.24) is 0 Å². The standard InChI is InChI=1S/C9H10ClFO3S/c1-7-6-8(11)2-3-9(7)14-4-5-15(10,12)13/h2-3,6H,4-5H2,1H3. The lowest BCUT2D eigenvalue weighted by molar-refractivity contribution is 0.338. The van der Waals surface area contributed by atoms with Gasteiger partial charge in [0.1, 0.15) is 18.2 Å². The van der Waals surface area contributed by atoms with Gasteiger partial charge in [-0.1, -0.05) is 0 Å². The van der Waals surface area contributed by atoms with E-state index in [1.54, 1.807) is 6.92 Å². The van der Waals surface area contributed by atoms with Gasteiger partial charge in [-0.25, -0.2) is 12.8 Å². The molecule has 0 aliphatic rings. The van der Waals surface area contributed by atoms with Crippen LogP contribution in [0.3, 0.4) is 0 Å². The highest BCUT2D eigenvalue weighted by atomic mass is 35.7. The molecule has 0 N–H and O–H groups in total. The summed E-state index contributed by atoms with van der Waals surface area (Å²) in [5.41, 5.74) is 0.613. The molecule has 0 heterocycles. The van der Waals surface area contributed by atoms with Crippen LogP contribution >= 0.6 is 10.7 Å². The van der Waals surface area contributed by atoms with Gasteiger partial charge in [0, 0.05) is 10.7 Å². The van der Waals surface area contributed by atoms with Gasteiger partial charge in [-0.2, -0.15) is 0 Å². The largest absolute Gasteiger partial charge is 0.492 e. The van der Waals surface area contributed by atoms with Crippen molar-refractivity contribution in [3.05, 3.63) is 29.6 Å². The van der Waals surface area contributed by atoms with Gasteiger partial charge in [-0.15, -0.1) is 0 Å². The third-order valence-corrected chi connectivity index (χ3v) is 2.84. The smallest absolute Gasteiger partial charge is 0.235 e. The van der Waals surface area contributed by atoms with Gasteiger partial charge in [-0.3, -0.25) is 0 Å². The predicted molar refractivity (Wildman–Crippen MR) is 56.3 cm³/mol. The highest BCUT2D eigenvalue weighted by Crippen LogP contribution is 2.18. The molecule has 0 saturated heterocycles. The Morgan fingerprint density at radius 2 is 2.13 bits per heavy atom. The molecule has 0 bridgehead atoms. The molecule has 0 amide bonds. The summed E-state index contributed by atoms with van der Waals surface area (Å²) in [6.07, 6.45) is 0. The molecule has 0 unspecified atom stereocenters. The second kappa shape index (κ2) is 4.81. The number of aryl methyl sites for hydroxylation is 1. The summed E-state index contributed by atoms with van der Waals surface area (Å²) in [5.74, 6) is -0.174. The molecule has 0 radical (unpaired) electrons. The zero-order chi connectivity index (χ0) is 11.5. The van der Waals surface area contributed by atoms with Crippen molar-refractivity contribution in [3.8, 4) is 5.75 Å². The molecular formula is C9H10ClFO3S. The molecule has 6 heteroatoms. The molecule has 0 spiro atoms. The van der Waals surface area contributed by atoms with Crippen LogP contribution in [0.15, 0.2) is 18.2 Å². The summed E-state index contributed by atoms with van der Waals surface area (Å²) in [7, 11) is 1.45. The van der Waals surface area contributed by atoms with Crippen LogP contribution < -0.4 is 4.74 Å². The normalized spacial score (nSPS) is 11.4. The first-order valence-electron chi connectivity index (χ1n) is 4.20. The number of halogens is 2. The third-order valence-electron chi connectivity index (χ3n) is 1.72. The van der Waals surface area contributed by atoms with Crippen LogP contribution in [-0.2, 0) is 9.05 Å². The lowest BCUT2D eigenvalue weighted by Gasteiger charge is -2.07. The van der Waals surface area contributed by atoms with E-state index in [2.05, 4.69) is 0 Å². The van der Waals surface area contributed by atoms with Crippen LogP contribution in [0.2, 0.25) is 0 Å². The van der Waals surface area contributed by atoms with E-state index in [0.29, 0.717) is 11.3 Å². The first kappa shape index (κ1) is 12.3. The quantitative estimate of drug-likeness (QED) is 0.771.